The highest BCUT2D eigenvalue weighted by Crippen LogP contribution is 2.29. The molecular weight excluding hydrogens is 348 g/mol. The van der Waals surface area contributed by atoms with E-state index < -0.39 is 0 Å². The van der Waals surface area contributed by atoms with E-state index in [1.54, 1.807) is 7.11 Å². The van der Waals surface area contributed by atoms with Crippen LogP contribution in [0.5, 0.6) is 0 Å². The summed E-state index contributed by atoms with van der Waals surface area (Å²) in [5.41, 5.74) is 2.71. The number of hydrogen-bond donors (Lipinski definition) is 1. The summed E-state index contributed by atoms with van der Waals surface area (Å²) in [5.74, 6) is -0.0702. The zero-order chi connectivity index (χ0) is 18.4. The molecule has 1 amide bonds. The smallest absolute Gasteiger partial charge is 0.251 e. The summed E-state index contributed by atoms with van der Waals surface area (Å²) in [4.78, 5) is 15.0. The van der Waals surface area contributed by atoms with Crippen molar-refractivity contribution in [2.24, 2.45) is 0 Å². The van der Waals surface area contributed by atoms with Gasteiger partial charge < -0.3 is 10.1 Å². The maximum atomic E-state index is 12.6. The van der Waals surface area contributed by atoms with E-state index in [2.05, 4.69) is 16.3 Å². The zero-order valence-electron chi connectivity index (χ0n) is 15.1. The molecular formula is C21H25ClN2O2. The molecule has 4 nitrogen and oxygen atoms in total. The largest absolute Gasteiger partial charge is 0.380 e. The van der Waals surface area contributed by atoms with E-state index in [0.717, 1.165) is 29.2 Å². The standard InChI is InChI=1S/C21H25ClN2O2/c1-26-15-16-7-6-8-17(13-16)21(25)23-14-20(24-11-4-5-12-24)18-9-2-3-10-19(18)22/h2-3,6-10,13,20H,4-5,11-12,14-15H2,1H3,(H,23,25). The van der Waals surface area contributed by atoms with Crippen LogP contribution in [0.25, 0.3) is 0 Å². The molecule has 1 N–H and O–H groups in total. The van der Waals surface area contributed by atoms with Gasteiger partial charge in [-0.2, -0.15) is 0 Å². The van der Waals surface area contributed by atoms with Crippen molar-refractivity contribution >= 4 is 17.5 Å². The second-order valence-corrected chi connectivity index (χ2v) is 7.03. The number of nitrogens with zero attached hydrogens (tertiary/aromatic N) is 1. The zero-order valence-corrected chi connectivity index (χ0v) is 15.8. The Morgan fingerprint density at radius 3 is 2.69 bits per heavy atom. The molecule has 26 heavy (non-hydrogen) atoms. The summed E-state index contributed by atoms with van der Waals surface area (Å²) in [5, 5.41) is 3.84. The Labute approximate surface area is 160 Å². The molecule has 5 heteroatoms. The molecule has 0 radical (unpaired) electrons. The maximum Gasteiger partial charge on any atom is 0.251 e. The van der Waals surface area contributed by atoms with Gasteiger partial charge in [-0.05, 0) is 55.3 Å². The number of likely N-dealkylation sites (tertiary alicyclic amines) is 1. The molecule has 0 aliphatic carbocycles. The minimum absolute atomic E-state index is 0.0702. The molecule has 0 aromatic heterocycles. The molecule has 0 spiro atoms. The molecule has 3 rings (SSSR count). The Bertz CT molecular complexity index is 744. The highest BCUT2D eigenvalue weighted by atomic mass is 35.5. The van der Waals surface area contributed by atoms with E-state index in [9.17, 15) is 4.79 Å². The molecule has 138 valence electrons. The minimum atomic E-state index is -0.0702. The van der Waals surface area contributed by atoms with Gasteiger partial charge in [0.05, 0.1) is 12.6 Å². The van der Waals surface area contributed by atoms with E-state index in [1.807, 2.05) is 42.5 Å². The number of nitrogens with one attached hydrogen (secondary N) is 1. The van der Waals surface area contributed by atoms with Crippen LogP contribution in [-0.4, -0.2) is 37.6 Å². The molecule has 1 fully saturated rings. The predicted molar refractivity (Wildman–Crippen MR) is 104 cm³/mol. The van der Waals surface area contributed by atoms with Gasteiger partial charge in [-0.1, -0.05) is 41.9 Å². The van der Waals surface area contributed by atoms with Gasteiger partial charge >= 0.3 is 0 Å². The normalized spacial score (nSPS) is 15.8. The number of amides is 1. The van der Waals surface area contributed by atoms with Crippen molar-refractivity contribution in [3.8, 4) is 0 Å². The fraction of sp³-hybridized carbons (Fsp3) is 0.381. The summed E-state index contributed by atoms with van der Waals surface area (Å²) >= 11 is 6.43. The number of methoxy groups -OCH3 is 1. The topological polar surface area (TPSA) is 41.6 Å². The second kappa shape index (κ2) is 9.17. The van der Waals surface area contributed by atoms with Crippen molar-refractivity contribution in [2.45, 2.75) is 25.5 Å². The SMILES string of the molecule is COCc1cccc(C(=O)NCC(c2ccccc2Cl)N2CCCC2)c1. The third kappa shape index (κ3) is 4.64. The van der Waals surface area contributed by atoms with Crippen molar-refractivity contribution in [1.82, 2.24) is 10.2 Å². The Balaban J connectivity index is 1.72. The summed E-state index contributed by atoms with van der Waals surface area (Å²) in [6.07, 6.45) is 2.38. The number of carbonyl (C=O) groups is 1. The monoisotopic (exact) mass is 372 g/mol. The van der Waals surface area contributed by atoms with Gasteiger partial charge in [0.1, 0.15) is 0 Å². The Morgan fingerprint density at radius 1 is 1.19 bits per heavy atom. The lowest BCUT2D eigenvalue weighted by atomic mass is 10.0. The third-order valence-electron chi connectivity index (χ3n) is 4.80. The van der Waals surface area contributed by atoms with E-state index >= 15 is 0 Å². The van der Waals surface area contributed by atoms with Gasteiger partial charge in [0, 0.05) is 24.2 Å². The first-order valence-electron chi connectivity index (χ1n) is 9.03. The molecule has 1 saturated heterocycles. The van der Waals surface area contributed by atoms with Crippen molar-refractivity contribution in [2.75, 3.05) is 26.7 Å². The van der Waals surface area contributed by atoms with E-state index in [0.29, 0.717) is 18.7 Å². The highest BCUT2D eigenvalue weighted by molar-refractivity contribution is 6.31. The molecule has 1 atom stereocenters. The summed E-state index contributed by atoms with van der Waals surface area (Å²) in [6, 6.07) is 15.5. The number of hydrogen-bond acceptors (Lipinski definition) is 3. The van der Waals surface area contributed by atoms with Crippen molar-refractivity contribution in [1.29, 1.82) is 0 Å². The number of ether oxygens (including phenoxy) is 1. The van der Waals surface area contributed by atoms with E-state index in [1.165, 1.54) is 12.8 Å². The Kier molecular flexibility index (Phi) is 6.67. The van der Waals surface area contributed by atoms with Crippen LogP contribution in [0.3, 0.4) is 0 Å². The molecule has 2 aromatic rings. The fourth-order valence-corrected chi connectivity index (χ4v) is 3.76. The maximum absolute atomic E-state index is 12.6. The van der Waals surface area contributed by atoms with Crippen molar-refractivity contribution in [3.63, 3.8) is 0 Å². The van der Waals surface area contributed by atoms with Gasteiger partial charge in [-0.15, -0.1) is 0 Å². The summed E-state index contributed by atoms with van der Waals surface area (Å²) < 4.78 is 5.15. The Hall–Kier alpha value is -1.88. The predicted octanol–water partition coefficient (Wildman–Crippen LogP) is 4.05. The fourth-order valence-electron chi connectivity index (χ4n) is 3.49. The minimum Gasteiger partial charge on any atom is -0.380 e. The lowest BCUT2D eigenvalue weighted by molar-refractivity contribution is 0.0937. The first-order valence-corrected chi connectivity index (χ1v) is 9.41. The molecule has 1 unspecified atom stereocenters. The quantitative estimate of drug-likeness (QED) is 0.797. The molecule has 2 aromatic carbocycles. The van der Waals surface area contributed by atoms with E-state index in [4.69, 9.17) is 16.3 Å². The van der Waals surface area contributed by atoms with Gasteiger partial charge in [0.15, 0.2) is 0 Å². The molecule has 1 aliphatic rings. The lowest BCUT2D eigenvalue weighted by Crippen LogP contribution is -2.37. The average Bonchev–Trinajstić information content (AvgIpc) is 3.18. The van der Waals surface area contributed by atoms with Gasteiger partial charge in [-0.25, -0.2) is 0 Å². The first kappa shape index (κ1) is 18.9. The van der Waals surface area contributed by atoms with Crippen LogP contribution in [0.4, 0.5) is 0 Å². The third-order valence-corrected chi connectivity index (χ3v) is 5.15. The van der Waals surface area contributed by atoms with Crippen LogP contribution in [-0.2, 0) is 11.3 Å². The average molecular weight is 373 g/mol. The number of halogens is 1. The molecule has 1 heterocycles. The van der Waals surface area contributed by atoms with Gasteiger partial charge in [-0.3, -0.25) is 9.69 Å². The molecule has 0 bridgehead atoms. The summed E-state index contributed by atoms with van der Waals surface area (Å²) in [6.45, 7) is 3.11. The van der Waals surface area contributed by atoms with Crippen molar-refractivity contribution < 1.29 is 9.53 Å². The molecule has 0 saturated carbocycles. The van der Waals surface area contributed by atoms with Crippen LogP contribution in [0.15, 0.2) is 48.5 Å². The van der Waals surface area contributed by atoms with Crippen LogP contribution in [0.2, 0.25) is 5.02 Å². The van der Waals surface area contributed by atoms with Crippen LogP contribution >= 0.6 is 11.6 Å². The molecule has 1 aliphatic heterocycles. The van der Waals surface area contributed by atoms with Gasteiger partial charge in [0.25, 0.3) is 5.91 Å². The van der Waals surface area contributed by atoms with Crippen molar-refractivity contribution in [3.05, 3.63) is 70.2 Å². The highest BCUT2D eigenvalue weighted by Gasteiger charge is 2.25. The first-order chi connectivity index (χ1) is 12.7. The number of benzene rings is 2. The van der Waals surface area contributed by atoms with Gasteiger partial charge in [0.2, 0.25) is 0 Å². The van der Waals surface area contributed by atoms with E-state index in [-0.39, 0.29) is 11.9 Å². The summed E-state index contributed by atoms with van der Waals surface area (Å²) in [7, 11) is 1.65. The second-order valence-electron chi connectivity index (χ2n) is 6.62. The number of rotatable bonds is 7. The Morgan fingerprint density at radius 2 is 1.96 bits per heavy atom. The number of carbonyl (C=O) groups excluding carboxylic acids is 1. The lowest BCUT2D eigenvalue weighted by Gasteiger charge is -2.29. The van der Waals surface area contributed by atoms with Crippen LogP contribution in [0, 0.1) is 0 Å². The van der Waals surface area contributed by atoms with Crippen LogP contribution < -0.4 is 5.32 Å². The van der Waals surface area contributed by atoms with Crippen LogP contribution in [0.1, 0.15) is 40.4 Å².